The Kier molecular flexibility index (Phi) is 2.46. The summed E-state index contributed by atoms with van der Waals surface area (Å²) >= 11 is 4.10. The fourth-order valence-corrected chi connectivity index (χ4v) is 2.15. The van der Waals surface area contributed by atoms with Crippen LogP contribution in [0.3, 0.4) is 0 Å². The van der Waals surface area contributed by atoms with Crippen molar-refractivity contribution in [3.05, 3.63) is 45.3 Å². The molecule has 2 aromatic rings. The minimum atomic E-state index is 1.29. The predicted molar refractivity (Wildman–Crippen MR) is 62.5 cm³/mol. The molecule has 0 N–H and O–H groups in total. The van der Waals surface area contributed by atoms with E-state index in [1.54, 1.807) is 11.3 Å². The zero-order chi connectivity index (χ0) is 8.39. The second-order valence-electron chi connectivity index (χ2n) is 2.48. The van der Waals surface area contributed by atoms with Crippen molar-refractivity contribution in [3.63, 3.8) is 0 Å². The largest absolute Gasteiger partial charge is 0.144 e. The topological polar surface area (TPSA) is 0 Å². The highest BCUT2D eigenvalue weighted by Crippen LogP contribution is 2.24. The normalized spacial score (nSPS) is 10.1. The molecule has 0 radical (unpaired) electrons. The maximum atomic E-state index is 2.32. The Bertz CT molecular complexity index is 348. The number of rotatable bonds is 1. The van der Waals surface area contributed by atoms with Crippen molar-refractivity contribution >= 4 is 33.9 Å². The maximum Gasteiger partial charge on any atom is 0.0342 e. The Hall–Kier alpha value is -0.350. The van der Waals surface area contributed by atoms with Gasteiger partial charge in [0, 0.05) is 8.45 Å². The van der Waals surface area contributed by atoms with E-state index in [2.05, 4.69) is 64.4 Å². The SMILES string of the molecule is Ic1ccc(-c2cccs2)cc1. The molecule has 0 bridgehead atoms. The van der Waals surface area contributed by atoms with E-state index in [4.69, 9.17) is 0 Å². The van der Waals surface area contributed by atoms with Gasteiger partial charge in [-0.25, -0.2) is 0 Å². The fraction of sp³-hybridized carbons (Fsp3) is 0. The van der Waals surface area contributed by atoms with Crippen LogP contribution in [-0.2, 0) is 0 Å². The number of hydrogen-bond donors (Lipinski definition) is 0. The van der Waals surface area contributed by atoms with Gasteiger partial charge in [-0.1, -0.05) is 18.2 Å². The van der Waals surface area contributed by atoms with Gasteiger partial charge in [-0.15, -0.1) is 11.3 Å². The first kappa shape index (κ1) is 8.26. The molecule has 0 nitrogen and oxygen atoms in total. The third-order valence-electron chi connectivity index (χ3n) is 1.65. The lowest BCUT2D eigenvalue weighted by Crippen LogP contribution is -1.72. The molecular formula is C10H7IS. The zero-order valence-electron chi connectivity index (χ0n) is 6.33. The lowest BCUT2D eigenvalue weighted by Gasteiger charge is -1.95. The standard InChI is InChI=1S/C10H7IS/c11-9-5-3-8(4-6-9)10-2-1-7-12-10/h1-7H. The van der Waals surface area contributed by atoms with Crippen LogP contribution in [0.4, 0.5) is 0 Å². The summed E-state index contributed by atoms with van der Waals surface area (Å²) in [4.78, 5) is 1.34. The molecule has 0 saturated carbocycles. The fourth-order valence-electron chi connectivity index (χ4n) is 1.06. The van der Waals surface area contributed by atoms with Gasteiger partial charge in [0.1, 0.15) is 0 Å². The van der Waals surface area contributed by atoms with E-state index in [0.717, 1.165) is 0 Å². The first-order valence-electron chi connectivity index (χ1n) is 3.66. The van der Waals surface area contributed by atoms with Gasteiger partial charge < -0.3 is 0 Å². The Labute approximate surface area is 89.4 Å². The lowest BCUT2D eigenvalue weighted by atomic mass is 10.2. The van der Waals surface area contributed by atoms with E-state index in [9.17, 15) is 0 Å². The summed E-state index contributed by atoms with van der Waals surface area (Å²) in [5, 5.41) is 2.10. The van der Waals surface area contributed by atoms with Crippen molar-refractivity contribution < 1.29 is 0 Å². The van der Waals surface area contributed by atoms with E-state index in [1.807, 2.05) is 0 Å². The molecule has 0 aliphatic carbocycles. The molecule has 2 heteroatoms. The first-order valence-corrected chi connectivity index (χ1v) is 5.61. The Morgan fingerprint density at radius 1 is 1.00 bits per heavy atom. The third-order valence-corrected chi connectivity index (χ3v) is 3.29. The molecule has 0 unspecified atom stereocenters. The van der Waals surface area contributed by atoms with Crippen molar-refractivity contribution in [1.29, 1.82) is 0 Å². The van der Waals surface area contributed by atoms with Crippen LogP contribution >= 0.6 is 33.9 Å². The monoisotopic (exact) mass is 286 g/mol. The highest BCUT2D eigenvalue weighted by Gasteiger charge is 1.96. The molecular weight excluding hydrogens is 279 g/mol. The van der Waals surface area contributed by atoms with Crippen LogP contribution in [0.5, 0.6) is 0 Å². The quantitative estimate of drug-likeness (QED) is 0.695. The average molecular weight is 286 g/mol. The molecule has 60 valence electrons. The third kappa shape index (κ3) is 1.69. The highest BCUT2D eigenvalue weighted by molar-refractivity contribution is 14.1. The van der Waals surface area contributed by atoms with Gasteiger partial charge in [-0.2, -0.15) is 0 Å². The van der Waals surface area contributed by atoms with E-state index < -0.39 is 0 Å². The number of thiophene rings is 1. The van der Waals surface area contributed by atoms with Crippen molar-refractivity contribution in [1.82, 2.24) is 0 Å². The molecule has 0 aliphatic heterocycles. The molecule has 0 atom stereocenters. The van der Waals surface area contributed by atoms with Gasteiger partial charge in [0.25, 0.3) is 0 Å². The summed E-state index contributed by atoms with van der Waals surface area (Å²) in [5.41, 5.74) is 1.31. The molecule has 0 fully saturated rings. The molecule has 2 rings (SSSR count). The molecule has 12 heavy (non-hydrogen) atoms. The van der Waals surface area contributed by atoms with Gasteiger partial charge >= 0.3 is 0 Å². The lowest BCUT2D eigenvalue weighted by molar-refractivity contribution is 1.64. The van der Waals surface area contributed by atoms with E-state index in [1.165, 1.54) is 14.0 Å². The van der Waals surface area contributed by atoms with Crippen LogP contribution in [0, 0.1) is 3.57 Å². The summed E-state index contributed by atoms with van der Waals surface area (Å²) in [6, 6.07) is 12.8. The van der Waals surface area contributed by atoms with Gasteiger partial charge in [-0.05, 0) is 51.7 Å². The van der Waals surface area contributed by atoms with Crippen LogP contribution in [0.25, 0.3) is 10.4 Å². The van der Waals surface area contributed by atoms with Crippen LogP contribution in [-0.4, -0.2) is 0 Å². The summed E-state index contributed by atoms with van der Waals surface area (Å²) in [6.45, 7) is 0. The first-order chi connectivity index (χ1) is 5.86. The van der Waals surface area contributed by atoms with Crippen LogP contribution in [0.2, 0.25) is 0 Å². The number of halogens is 1. The molecule has 1 heterocycles. The van der Waals surface area contributed by atoms with Crippen LogP contribution < -0.4 is 0 Å². The minimum Gasteiger partial charge on any atom is -0.144 e. The van der Waals surface area contributed by atoms with Gasteiger partial charge in [0.05, 0.1) is 0 Å². The van der Waals surface area contributed by atoms with Crippen LogP contribution in [0.1, 0.15) is 0 Å². The smallest absolute Gasteiger partial charge is 0.0342 e. The van der Waals surface area contributed by atoms with E-state index >= 15 is 0 Å². The van der Waals surface area contributed by atoms with Crippen LogP contribution in [0.15, 0.2) is 41.8 Å². The minimum absolute atomic E-state index is 1.29. The second kappa shape index (κ2) is 3.58. The summed E-state index contributed by atoms with van der Waals surface area (Å²) < 4.78 is 1.29. The summed E-state index contributed by atoms with van der Waals surface area (Å²) in [6.07, 6.45) is 0. The van der Waals surface area contributed by atoms with Crippen molar-refractivity contribution in [2.24, 2.45) is 0 Å². The average Bonchev–Trinajstić information content (AvgIpc) is 2.58. The van der Waals surface area contributed by atoms with Crippen molar-refractivity contribution in [2.75, 3.05) is 0 Å². The van der Waals surface area contributed by atoms with E-state index in [-0.39, 0.29) is 0 Å². The second-order valence-corrected chi connectivity index (χ2v) is 4.68. The molecule has 1 aromatic carbocycles. The molecule has 0 amide bonds. The summed E-state index contributed by atoms with van der Waals surface area (Å²) in [7, 11) is 0. The predicted octanol–water partition coefficient (Wildman–Crippen LogP) is 4.02. The van der Waals surface area contributed by atoms with Crippen molar-refractivity contribution in [3.8, 4) is 10.4 Å². The zero-order valence-corrected chi connectivity index (χ0v) is 9.30. The Morgan fingerprint density at radius 2 is 1.75 bits per heavy atom. The number of benzene rings is 1. The van der Waals surface area contributed by atoms with Gasteiger partial charge in [-0.3, -0.25) is 0 Å². The Morgan fingerprint density at radius 3 is 2.33 bits per heavy atom. The van der Waals surface area contributed by atoms with E-state index in [0.29, 0.717) is 0 Å². The van der Waals surface area contributed by atoms with Gasteiger partial charge in [0.2, 0.25) is 0 Å². The highest BCUT2D eigenvalue weighted by atomic mass is 127. The molecule has 1 aromatic heterocycles. The molecule has 0 saturated heterocycles. The molecule has 0 aliphatic rings. The van der Waals surface area contributed by atoms with Gasteiger partial charge in [0.15, 0.2) is 0 Å². The summed E-state index contributed by atoms with van der Waals surface area (Å²) in [5.74, 6) is 0. The maximum absolute atomic E-state index is 2.32. The molecule has 0 spiro atoms. The van der Waals surface area contributed by atoms with Crippen molar-refractivity contribution in [2.45, 2.75) is 0 Å². The number of hydrogen-bond acceptors (Lipinski definition) is 1. The Balaban J connectivity index is 2.43.